The second kappa shape index (κ2) is 7.97. The second-order valence-electron chi connectivity index (χ2n) is 5.41. The molecule has 0 unspecified atom stereocenters. The Bertz CT molecular complexity index is 917. The van der Waals surface area contributed by atoms with Crippen molar-refractivity contribution in [3.05, 3.63) is 53.0 Å². The molecule has 1 aromatic heterocycles. The summed E-state index contributed by atoms with van der Waals surface area (Å²) in [6, 6.07) is 12.4. The van der Waals surface area contributed by atoms with E-state index in [0.29, 0.717) is 17.7 Å². The van der Waals surface area contributed by atoms with E-state index in [0.717, 1.165) is 15.2 Å². The molecule has 0 spiro atoms. The van der Waals surface area contributed by atoms with Gasteiger partial charge in [-0.1, -0.05) is 12.1 Å². The highest BCUT2D eigenvalue weighted by molar-refractivity contribution is 7.18. The molecule has 0 saturated heterocycles. The van der Waals surface area contributed by atoms with Crippen LogP contribution < -0.4 is 9.47 Å². The van der Waals surface area contributed by atoms with Crippen LogP contribution in [-0.2, 0) is 16.0 Å². The monoisotopic (exact) mass is 371 g/mol. The molecule has 26 heavy (non-hydrogen) atoms. The van der Waals surface area contributed by atoms with Crippen molar-refractivity contribution >= 4 is 33.5 Å². The Balaban J connectivity index is 1.64. The lowest BCUT2D eigenvalue weighted by Crippen LogP contribution is -2.10. The second-order valence-corrected chi connectivity index (χ2v) is 6.52. The van der Waals surface area contributed by atoms with Crippen LogP contribution in [0.3, 0.4) is 0 Å². The molecule has 0 aliphatic carbocycles. The van der Waals surface area contributed by atoms with Crippen molar-refractivity contribution in [1.82, 2.24) is 4.98 Å². The van der Waals surface area contributed by atoms with Crippen molar-refractivity contribution in [2.45, 2.75) is 12.8 Å². The number of rotatable bonds is 6. The highest BCUT2D eigenvalue weighted by atomic mass is 32.1. The van der Waals surface area contributed by atoms with E-state index in [1.54, 1.807) is 11.3 Å². The van der Waals surface area contributed by atoms with E-state index in [1.165, 1.54) is 32.4 Å². The molecule has 0 atom stereocenters. The van der Waals surface area contributed by atoms with Gasteiger partial charge in [0.15, 0.2) is 11.5 Å². The molecule has 0 N–H and O–H groups in total. The molecule has 0 aliphatic rings. The zero-order valence-electron chi connectivity index (χ0n) is 14.4. The number of ether oxygens (including phenoxy) is 3. The number of carbonyl (C=O) groups excluding carboxylic acids is 2. The molecular weight excluding hydrogens is 354 g/mol. The molecule has 0 saturated carbocycles. The highest BCUT2D eigenvalue weighted by Crippen LogP contribution is 2.29. The summed E-state index contributed by atoms with van der Waals surface area (Å²) in [6.07, 6.45) is 0.697. The molecule has 134 valence electrons. The Morgan fingerprint density at radius 2 is 1.88 bits per heavy atom. The standard InChI is InChI=1S/C19H17NO5S/c1-23-15-11-12(19(22)24-2)7-8-14(15)25-18(21)10-9-17-20-13-5-3-4-6-16(13)26-17/h3-8,11H,9-10H2,1-2H3. The number of aryl methyl sites for hydroxylation is 1. The van der Waals surface area contributed by atoms with Gasteiger partial charge in [0.25, 0.3) is 0 Å². The lowest BCUT2D eigenvalue weighted by atomic mass is 10.2. The van der Waals surface area contributed by atoms with Gasteiger partial charge in [0.05, 0.1) is 41.4 Å². The van der Waals surface area contributed by atoms with Crippen LogP contribution in [0, 0.1) is 0 Å². The molecule has 0 radical (unpaired) electrons. The molecular formula is C19H17NO5S. The third kappa shape index (κ3) is 4.00. The first-order valence-corrected chi connectivity index (χ1v) is 8.74. The number of benzene rings is 2. The molecule has 3 rings (SSSR count). The van der Waals surface area contributed by atoms with Crippen LogP contribution in [0.25, 0.3) is 10.2 Å². The maximum atomic E-state index is 12.2. The van der Waals surface area contributed by atoms with Gasteiger partial charge in [0.2, 0.25) is 0 Å². The van der Waals surface area contributed by atoms with Gasteiger partial charge >= 0.3 is 11.9 Å². The highest BCUT2D eigenvalue weighted by Gasteiger charge is 2.15. The average molecular weight is 371 g/mol. The SMILES string of the molecule is COC(=O)c1ccc(OC(=O)CCc2nc3ccccc3s2)c(OC)c1. The molecule has 0 aliphatic heterocycles. The number of esters is 2. The third-order valence-electron chi connectivity index (χ3n) is 3.69. The molecule has 6 nitrogen and oxygen atoms in total. The summed E-state index contributed by atoms with van der Waals surface area (Å²) in [6.45, 7) is 0. The Morgan fingerprint density at radius 1 is 1.08 bits per heavy atom. The molecule has 0 fully saturated rings. The van der Waals surface area contributed by atoms with Gasteiger partial charge in [-0.15, -0.1) is 11.3 Å². The van der Waals surface area contributed by atoms with Gasteiger partial charge in [-0.3, -0.25) is 4.79 Å². The van der Waals surface area contributed by atoms with Crippen LogP contribution in [0.15, 0.2) is 42.5 Å². The van der Waals surface area contributed by atoms with Crippen LogP contribution in [0.4, 0.5) is 0 Å². The lowest BCUT2D eigenvalue weighted by Gasteiger charge is -2.10. The number of para-hydroxylation sites is 1. The lowest BCUT2D eigenvalue weighted by molar-refractivity contribution is -0.134. The first-order chi connectivity index (χ1) is 12.6. The van der Waals surface area contributed by atoms with Crippen LogP contribution >= 0.6 is 11.3 Å². The van der Waals surface area contributed by atoms with E-state index in [4.69, 9.17) is 9.47 Å². The largest absolute Gasteiger partial charge is 0.493 e. The maximum absolute atomic E-state index is 12.2. The number of carbonyl (C=O) groups is 2. The van der Waals surface area contributed by atoms with Crippen LogP contribution in [0.1, 0.15) is 21.8 Å². The summed E-state index contributed by atoms with van der Waals surface area (Å²) < 4.78 is 16.3. The van der Waals surface area contributed by atoms with E-state index in [1.807, 2.05) is 24.3 Å². The van der Waals surface area contributed by atoms with E-state index in [2.05, 4.69) is 9.72 Å². The Morgan fingerprint density at radius 3 is 2.62 bits per heavy atom. The average Bonchev–Trinajstić information content (AvgIpc) is 3.09. The zero-order chi connectivity index (χ0) is 18.5. The predicted octanol–water partition coefficient (Wildman–Crippen LogP) is 3.63. The summed E-state index contributed by atoms with van der Waals surface area (Å²) in [5.74, 6) is -0.332. The minimum atomic E-state index is -0.489. The molecule has 0 amide bonds. The van der Waals surface area contributed by atoms with Crippen LogP contribution in [0.5, 0.6) is 11.5 Å². The van der Waals surface area contributed by atoms with Crippen molar-refractivity contribution in [3.8, 4) is 11.5 Å². The first kappa shape index (κ1) is 17.9. The normalized spacial score (nSPS) is 10.5. The summed E-state index contributed by atoms with van der Waals surface area (Å²) in [7, 11) is 2.74. The Kier molecular flexibility index (Phi) is 5.48. The predicted molar refractivity (Wildman–Crippen MR) is 97.9 cm³/mol. The summed E-state index contributed by atoms with van der Waals surface area (Å²) in [5.41, 5.74) is 1.25. The molecule has 3 aromatic rings. The minimum absolute atomic E-state index is 0.196. The minimum Gasteiger partial charge on any atom is -0.493 e. The van der Waals surface area contributed by atoms with Gasteiger partial charge in [0, 0.05) is 6.42 Å². The first-order valence-electron chi connectivity index (χ1n) is 7.92. The van der Waals surface area contributed by atoms with E-state index in [9.17, 15) is 9.59 Å². The summed E-state index contributed by atoms with van der Waals surface area (Å²) >= 11 is 1.57. The van der Waals surface area contributed by atoms with Crippen molar-refractivity contribution in [2.75, 3.05) is 14.2 Å². The van der Waals surface area contributed by atoms with E-state index < -0.39 is 11.9 Å². The fourth-order valence-corrected chi connectivity index (χ4v) is 3.37. The quantitative estimate of drug-likeness (QED) is 0.487. The summed E-state index contributed by atoms with van der Waals surface area (Å²) in [4.78, 5) is 28.2. The molecule has 7 heteroatoms. The number of methoxy groups -OCH3 is 2. The van der Waals surface area contributed by atoms with Gasteiger partial charge in [0.1, 0.15) is 0 Å². The number of hydrogen-bond donors (Lipinski definition) is 0. The number of fused-ring (bicyclic) bond motifs is 1. The fraction of sp³-hybridized carbons (Fsp3) is 0.211. The van der Waals surface area contributed by atoms with Crippen molar-refractivity contribution in [1.29, 1.82) is 0 Å². The van der Waals surface area contributed by atoms with Crippen molar-refractivity contribution in [2.24, 2.45) is 0 Å². The number of hydrogen-bond acceptors (Lipinski definition) is 7. The van der Waals surface area contributed by atoms with Crippen molar-refractivity contribution < 1.29 is 23.8 Å². The van der Waals surface area contributed by atoms with Gasteiger partial charge in [-0.2, -0.15) is 0 Å². The zero-order valence-corrected chi connectivity index (χ0v) is 15.2. The van der Waals surface area contributed by atoms with Gasteiger partial charge < -0.3 is 14.2 Å². The van der Waals surface area contributed by atoms with E-state index in [-0.39, 0.29) is 12.2 Å². The Labute approximate surface area is 154 Å². The maximum Gasteiger partial charge on any atom is 0.337 e. The van der Waals surface area contributed by atoms with Crippen LogP contribution in [0.2, 0.25) is 0 Å². The van der Waals surface area contributed by atoms with Gasteiger partial charge in [-0.25, -0.2) is 9.78 Å². The number of thiazole rings is 1. The molecule has 1 heterocycles. The van der Waals surface area contributed by atoms with Crippen LogP contribution in [-0.4, -0.2) is 31.1 Å². The number of nitrogens with zero attached hydrogens (tertiary/aromatic N) is 1. The number of aromatic nitrogens is 1. The van der Waals surface area contributed by atoms with Crippen molar-refractivity contribution in [3.63, 3.8) is 0 Å². The summed E-state index contributed by atoms with van der Waals surface area (Å²) in [5, 5.41) is 0.885. The Hall–Kier alpha value is -2.93. The topological polar surface area (TPSA) is 74.7 Å². The smallest absolute Gasteiger partial charge is 0.337 e. The fourth-order valence-electron chi connectivity index (χ4n) is 2.41. The molecule has 2 aromatic carbocycles. The molecule has 0 bridgehead atoms. The van der Waals surface area contributed by atoms with E-state index >= 15 is 0 Å². The third-order valence-corrected chi connectivity index (χ3v) is 4.79. The van der Waals surface area contributed by atoms with Gasteiger partial charge in [-0.05, 0) is 30.3 Å².